The van der Waals surface area contributed by atoms with Crippen molar-refractivity contribution in [2.75, 3.05) is 6.61 Å². The van der Waals surface area contributed by atoms with Crippen molar-refractivity contribution in [1.82, 2.24) is 10.2 Å². The topological polar surface area (TPSA) is 58.6 Å². The predicted octanol–water partition coefficient (Wildman–Crippen LogP) is 5.41. The van der Waals surface area contributed by atoms with Crippen LogP contribution in [0.3, 0.4) is 0 Å². The second-order valence-corrected chi connectivity index (χ2v) is 9.78. The van der Waals surface area contributed by atoms with Crippen molar-refractivity contribution in [1.29, 1.82) is 0 Å². The lowest BCUT2D eigenvalue weighted by atomic mass is 10.0. The van der Waals surface area contributed by atoms with Gasteiger partial charge in [0.2, 0.25) is 5.91 Å². The summed E-state index contributed by atoms with van der Waals surface area (Å²) in [5, 5.41) is 3.49. The fraction of sp³-hybridized carbons (Fsp3) is 0.286. The third-order valence-electron chi connectivity index (χ3n) is 5.19. The third-order valence-corrected chi connectivity index (χ3v) is 5.43. The van der Waals surface area contributed by atoms with Crippen molar-refractivity contribution in [3.8, 4) is 5.75 Å². The minimum Gasteiger partial charge on any atom is -0.484 e. The van der Waals surface area contributed by atoms with E-state index in [1.54, 1.807) is 36.4 Å². The number of benzene rings is 3. The van der Waals surface area contributed by atoms with Gasteiger partial charge in [-0.15, -0.1) is 0 Å². The summed E-state index contributed by atoms with van der Waals surface area (Å²) in [5.41, 5.74) is 1.12. The molecule has 7 heteroatoms. The average molecular weight is 497 g/mol. The van der Waals surface area contributed by atoms with Crippen LogP contribution in [-0.2, 0) is 22.6 Å². The van der Waals surface area contributed by atoms with E-state index in [-0.39, 0.29) is 30.8 Å². The standard InChI is InChI=1S/C28H30ClFN2O3/c1-28(2,3)31-27(34)25(16-20-8-5-4-6-9-20)32(18-21-12-14-23(30)15-13-21)26(33)19-35-24-11-7-10-22(29)17-24/h4-15,17,25H,16,18-19H2,1-3H3,(H,31,34)/t25-/m1/s1. The van der Waals surface area contributed by atoms with Crippen molar-refractivity contribution in [2.24, 2.45) is 0 Å². The van der Waals surface area contributed by atoms with Gasteiger partial charge in [0, 0.05) is 23.5 Å². The highest BCUT2D eigenvalue weighted by Gasteiger charge is 2.32. The van der Waals surface area contributed by atoms with Gasteiger partial charge in [0.1, 0.15) is 17.6 Å². The maximum absolute atomic E-state index is 13.5. The number of carbonyl (C=O) groups excluding carboxylic acids is 2. The van der Waals surface area contributed by atoms with Gasteiger partial charge < -0.3 is 15.0 Å². The van der Waals surface area contributed by atoms with E-state index in [0.29, 0.717) is 22.8 Å². The Bertz CT molecular complexity index is 1130. The number of ether oxygens (including phenoxy) is 1. The Balaban J connectivity index is 1.92. The van der Waals surface area contributed by atoms with Gasteiger partial charge >= 0.3 is 0 Å². The highest BCUT2D eigenvalue weighted by molar-refractivity contribution is 6.30. The molecule has 0 saturated carbocycles. The minimum absolute atomic E-state index is 0.118. The zero-order valence-electron chi connectivity index (χ0n) is 20.1. The molecule has 0 radical (unpaired) electrons. The van der Waals surface area contributed by atoms with E-state index in [0.717, 1.165) is 5.56 Å². The number of carbonyl (C=O) groups is 2. The number of halogens is 2. The first-order valence-corrected chi connectivity index (χ1v) is 11.8. The van der Waals surface area contributed by atoms with E-state index in [1.165, 1.54) is 17.0 Å². The SMILES string of the molecule is CC(C)(C)NC(=O)[C@@H](Cc1ccccc1)N(Cc1ccc(F)cc1)C(=O)COc1cccc(Cl)c1. The first-order chi connectivity index (χ1) is 16.6. The second-order valence-electron chi connectivity index (χ2n) is 9.34. The fourth-order valence-corrected chi connectivity index (χ4v) is 3.76. The molecule has 35 heavy (non-hydrogen) atoms. The molecule has 184 valence electrons. The summed E-state index contributed by atoms with van der Waals surface area (Å²) in [6, 6.07) is 21.4. The van der Waals surface area contributed by atoms with E-state index >= 15 is 0 Å². The Morgan fingerprint density at radius 1 is 0.971 bits per heavy atom. The predicted molar refractivity (Wildman–Crippen MR) is 136 cm³/mol. The molecule has 0 saturated heterocycles. The first-order valence-electron chi connectivity index (χ1n) is 11.4. The number of amides is 2. The minimum atomic E-state index is -0.808. The van der Waals surface area contributed by atoms with E-state index in [1.807, 2.05) is 51.1 Å². The molecule has 0 aromatic heterocycles. The molecule has 3 aromatic rings. The monoisotopic (exact) mass is 496 g/mol. The molecule has 0 aliphatic carbocycles. The molecule has 0 spiro atoms. The smallest absolute Gasteiger partial charge is 0.261 e. The van der Waals surface area contributed by atoms with Crippen molar-refractivity contribution in [3.05, 3.63) is 101 Å². The van der Waals surface area contributed by atoms with Crippen LogP contribution in [0, 0.1) is 5.82 Å². The molecule has 0 heterocycles. The van der Waals surface area contributed by atoms with Crippen LogP contribution < -0.4 is 10.1 Å². The largest absolute Gasteiger partial charge is 0.484 e. The van der Waals surface area contributed by atoms with Crippen LogP contribution >= 0.6 is 11.6 Å². The van der Waals surface area contributed by atoms with E-state index in [2.05, 4.69) is 5.32 Å². The lowest BCUT2D eigenvalue weighted by Crippen LogP contribution is -2.55. The summed E-state index contributed by atoms with van der Waals surface area (Å²) in [4.78, 5) is 28.4. The number of hydrogen-bond acceptors (Lipinski definition) is 3. The van der Waals surface area contributed by atoms with E-state index in [4.69, 9.17) is 16.3 Å². The van der Waals surface area contributed by atoms with Crippen LogP contribution in [-0.4, -0.2) is 34.9 Å². The summed E-state index contributed by atoms with van der Waals surface area (Å²) in [6.45, 7) is 5.50. The van der Waals surface area contributed by atoms with Crippen LogP contribution in [0.4, 0.5) is 4.39 Å². The molecular formula is C28H30ClFN2O3. The number of rotatable bonds is 9. The van der Waals surface area contributed by atoms with Gasteiger partial charge in [-0.3, -0.25) is 9.59 Å². The Kier molecular flexibility index (Phi) is 8.88. The molecular weight excluding hydrogens is 467 g/mol. The first kappa shape index (κ1) is 26.2. The number of nitrogens with zero attached hydrogens (tertiary/aromatic N) is 1. The molecule has 0 unspecified atom stereocenters. The fourth-order valence-electron chi connectivity index (χ4n) is 3.58. The van der Waals surface area contributed by atoms with Gasteiger partial charge in [-0.05, 0) is 62.2 Å². The maximum Gasteiger partial charge on any atom is 0.261 e. The third kappa shape index (κ3) is 8.41. The number of nitrogens with one attached hydrogen (secondary N) is 1. The molecule has 0 bridgehead atoms. The zero-order valence-corrected chi connectivity index (χ0v) is 20.9. The molecule has 1 atom stereocenters. The normalized spacial score (nSPS) is 12.0. The second kappa shape index (κ2) is 11.8. The molecule has 0 fully saturated rings. The Morgan fingerprint density at radius 3 is 2.29 bits per heavy atom. The lowest BCUT2D eigenvalue weighted by molar-refractivity contribution is -0.143. The molecule has 0 aliphatic heterocycles. The zero-order chi connectivity index (χ0) is 25.4. The molecule has 3 aromatic carbocycles. The molecule has 5 nitrogen and oxygen atoms in total. The number of hydrogen-bond donors (Lipinski definition) is 1. The van der Waals surface area contributed by atoms with E-state index < -0.39 is 11.6 Å². The average Bonchev–Trinajstić information content (AvgIpc) is 2.80. The van der Waals surface area contributed by atoms with Crippen molar-refractivity contribution >= 4 is 23.4 Å². The van der Waals surface area contributed by atoms with Gasteiger partial charge in [-0.1, -0.05) is 60.1 Å². The van der Waals surface area contributed by atoms with Crippen LogP contribution in [0.1, 0.15) is 31.9 Å². The van der Waals surface area contributed by atoms with E-state index in [9.17, 15) is 14.0 Å². The lowest BCUT2D eigenvalue weighted by Gasteiger charge is -2.33. The maximum atomic E-state index is 13.5. The summed E-state index contributed by atoms with van der Waals surface area (Å²) >= 11 is 6.03. The van der Waals surface area contributed by atoms with Crippen molar-refractivity contribution in [3.63, 3.8) is 0 Å². The van der Waals surface area contributed by atoms with Gasteiger partial charge in [-0.25, -0.2) is 4.39 Å². The molecule has 0 aliphatic rings. The van der Waals surface area contributed by atoms with Crippen LogP contribution in [0.25, 0.3) is 0 Å². The van der Waals surface area contributed by atoms with Gasteiger partial charge in [0.15, 0.2) is 6.61 Å². The van der Waals surface area contributed by atoms with Crippen LogP contribution in [0.5, 0.6) is 5.75 Å². The van der Waals surface area contributed by atoms with Crippen LogP contribution in [0.15, 0.2) is 78.9 Å². The van der Waals surface area contributed by atoms with Gasteiger partial charge in [0.05, 0.1) is 0 Å². The van der Waals surface area contributed by atoms with Gasteiger partial charge in [0.25, 0.3) is 5.91 Å². The highest BCUT2D eigenvalue weighted by atomic mass is 35.5. The summed E-state index contributed by atoms with van der Waals surface area (Å²) in [6.07, 6.45) is 0.312. The molecule has 1 N–H and O–H groups in total. The summed E-state index contributed by atoms with van der Waals surface area (Å²) < 4.78 is 19.2. The Hall–Kier alpha value is -3.38. The van der Waals surface area contributed by atoms with Crippen molar-refractivity contribution in [2.45, 2.75) is 45.3 Å². The Labute approximate surface area is 210 Å². The van der Waals surface area contributed by atoms with Crippen LogP contribution in [0.2, 0.25) is 5.02 Å². The summed E-state index contributed by atoms with van der Waals surface area (Å²) in [7, 11) is 0. The molecule has 2 amide bonds. The van der Waals surface area contributed by atoms with Gasteiger partial charge in [-0.2, -0.15) is 0 Å². The highest BCUT2D eigenvalue weighted by Crippen LogP contribution is 2.19. The quantitative estimate of drug-likeness (QED) is 0.430. The summed E-state index contributed by atoms with van der Waals surface area (Å²) in [5.74, 6) is -0.576. The molecule has 3 rings (SSSR count). The van der Waals surface area contributed by atoms with Crippen molar-refractivity contribution < 1.29 is 18.7 Å². The Morgan fingerprint density at radius 2 is 1.66 bits per heavy atom.